The minimum Gasteiger partial charge on any atom is -0.466 e. The Bertz CT molecular complexity index is 331. The van der Waals surface area contributed by atoms with E-state index in [9.17, 15) is 14.2 Å². The second-order valence-electron chi connectivity index (χ2n) is 4.87. The number of rotatable bonds is 12. The first-order valence-corrected chi connectivity index (χ1v) is 8.86. The molecule has 2 unspecified atom stereocenters. The summed E-state index contributed by atoms with van der Waals surface area (Å²) in [4.78, 5) is 32.3. The summed E-state index contributed by atoms with van der Waals surface area (Å²) in [7, 11) is -2.44. The Hall–Kier alpha value is -1.00. The van der Waals surface area contributed by atoms with E-state index in [2.05, 4.69) is 0 Å². The lowest BCUT2D eigenvalue weighted by atomic mass is 10.1. The van der Waals surface area contributed by atoms with Crippen molar-refractivity contribution in [2.24, 2.45) is 5.92 Å². The fraction of sp³-hybridized carbons (Fsp3) is 0.857. The quantitative estimate of drug-likeness (QED) is 0.338. The summed E-state index contributed by atoms with van der Waals surface area (Å²) >= 11 is 0. The number of esters is 2. The molecule has 0 radical (unpaired) electrons. The van der Waals surface area contributed by atoms with E-state index in [4.69, 9.17) is 14.4 Å². The Morgan fingerprint density at radius 1 is 1.10 bits per heavy atom. The number of hydrogen-bond donors (Lipinski definition) is 1. The average Bonchev–Trinajstić information content (AvgIpc) is 2.43. The van der Waals surface area contributed by atoms with Crippen molar-refractivity contribution in [2.45, 2.75) is 52.4 Å². The zero-order chi connectivity index (χ0) is 16.1. The molecule has 0 aliphatic rings. The van der Waals surface area contributed by atoms with Gasteiger partial charge in [0.1, 0.15) is 5.92 Å². The van der Waals surface area contributed by atoms with Crippen LogP contribution in [0.3, 0.4) is 0 Å². The monoisotopic (exact) mass is 321 g/mol. The Morgan fingerprint density at radius 2 is 1.67 bits per heavy atom. The highest BCUT2D eigenvalue weighted by Gasteiger charge is 2.30. The molecule has 0 bridgehead atoms. The molecule has 0 saturated heterocycles. The molecular weight excluding hydrogens is 295 g/mol. The van der Waals surface area contributed by atoms with Gasteiger partial charge in [-0.3, -0.25) is 9.59 Å². The first kappa shape index (κ1) is 20.0. The van der Waals surface area contributed by atoms with E-state index in [1.54, 1.807) is 0 Å². The number of carbonyl (C=O) groups is 2. The molecule has 0 saturated carbocycles. The van der Waals surface area contributed by atoms with Gasteiger partial charge < -0.3 is 9.47 Å². The Kier molecular flexibility index (Phi) is 12.1. The molecule has 0 aliphatic carbocycles. The van der Waals surface area contributed by atoms with E-state index in [1.807, 2.05) is 13.8 Å². The molecule has 7 heteroatoms. The Labute approximate surface area is 127 Å². The van der Waals surface area contributed by atoms with Crippen LogP contribution in [0.25, 0.3) is 0 Å². The van der Waals surface area contributed by atoms with Crippen LogP contribution in [-0.4, -0.2) is 36.2 Å². The third-order valence-corrected chi connectivity index (χ3v) is 3.66. The molecular formula is C14H26O6P+. The SMILES string of the molecule is CCCCOC(=O)CCC(C[P+](=O)O)C(=O)OCCCC. The van der Waals surface area contributed by atoms with Gasteiger partial charge >= 0.3 is 20.0 Å². The van der Waals surface area contributed by atoms with Gasteiger partial charge in [-0.05, 0) is 23.8 Å². The van der Waals surface area contributed by atoms with Crippen molar-refractivity contribution in [1.29, 1.82) is 0 Å². The summed E-state index contributed by atoms with van der Waals surface area (Å²) in [5.41, 5.74) is 0. The van der Waals surface area contributed by atoms with Crippen molar-refractivity contribution in [3.63, 3.8) is 0 Å². The van der Waals surface area contributed by atoms with Crippen molar-refractivity contribution >= 4 is 20.0 Å². The van der Waals surface area contributed by atoms with Crippen LogP contribution in [0.5, 0.6) is 0 Å². The van der Waals surface area contributed by atoms with Crippen LogP contribution in [-0.2, 0) is 23.6 Å². The predicted octanol–water partition coefficient (Wildman–Crippen LogP) is 2.80. The topological polar surface area (TPSA) is 89.9 Å². The molecule has 0 fully saturated rings. The van der Waals surface area contributed by atoms with Gasteiger partial charge in [-0.25, -0.2) is 0 Å². The molecule has 2 atom stereocenters. The smallest absolute Gasteiger partial charge is 0.466 e. The maximum Gasteiger partial charge on any atom is 0.506 e. The van der Waals surface area contributed by atoms with Crippen molar-refractivity contribution < 1.29 is 28.5 Å². The third kappa shape index (κ3) is 11.3. The maximum absolute atomic E-state index is 11.8. The number of unbranched alkanes of at least 4 members (excludes halogenated alkanes) is 2. The summed E-state index contributed by atoms with van der Waals surface area (Å²) in [5, 5.41) is 0. The first-order chi connectivity index (χ1) is 10.0. The van der Waals surface area contributed by atoms with Gasteiger partial charge in [0.25, 0.3) is 0 Å². The molecule has 0 aromatic rings. The molecule has 0 spiro atoms. The summed E-state index contributed by atoms with van der Waals surface area (Å²) < 4.78 is 21.0. The molecule has 0 rings (SSSR count). The summed E-state index contributed by atoms with van der Waals surface area (Å²) in [6.45, 7) is 4.64. The van der Waals surface area contributed by atoms with Gasteiger partial charge in [-0.1, -0.05) is 26.7 Å². The van der Waals surface area contributed by atoms with Crippen molar-refractivity contribution in [2.75, 3.05) is 19.4 Å². The van der Waals surface area contributed by atoms with Crippen LogP contribution in [0, 0.1) is 5.92 Å². The van der Waals surface area contributed by atoms with Crippen molar-refractivity contribution in [3.8, 4) is 0 Å². The molecule has 0 heterocycles. The van der Waals surface area contributed by atoms with Crippen LogP contribution < -0.4 is 0 Å². The average molecular weight is 321 g/mol. The first-order valence-electron chi connectivity index (χ1n) is 7.47. The molecule has 0 aliphatic heterocycles. The van der Waals surface area contributed by atoms with Gasteiger partial charge in [0.15, 0.2) is 6.16 Å². The highest BCUT2D eigenvalue weighted by Crippen LogP contribution is 2.23. The van der Waals surface area contributed by atoms with E-state index in [-0.39, 0.29) is 25.0 Å². The van der Waals surface area contributed by atoms with E-state index < -0.39 is 19.9 Å². The van der Waals surface area contributed by atoms with Crippen LogP contribution in [0.15, 0.2) is 0 Å². The van der Waals surface area contributed by atoms with Crippen molar-refractivity contribution in [3.05, 3.63) is 0 Å². The molecule has 122 valence electrons. The second kappa shape index (κ2) is 12.7. The summed E-state index contributed by atoms with van der Waals surface area (Å²) in [6.07, 6.45) is 3.45. The summed E-state index contributed by atoms with van der Waals surface area (Å²) in [5.74, 6) is -1.63. The fourth-order valence-corrected chi connectivity index (χ4v) is 2.31. The molecule has 0 aromatic carbocycles. The fourth-order valence-electron chi connectivity index (χ4n) is 1.60. The highest BCUT2D eigenvalue weighted by atomic mass is 31.1. The van der Waals surface area contributed by atoms with Crippen LogP contribution >= 0.6 is 8.03 Å². The Morgan fingerprint density at radius 3 is 2.19 bits per heavy atom. The minimum atomic E-state index is -2.44. The summed E-state index contributed by atoms with van der Waals surface area (Å²) in [6, 6.07) is 0. The van der Waals surface area contributed by atoms with E-state index in [0.717, 1.165) is 25.7 Å². The Balaban J connectivity index is 4.19. The lowest BCUT2D eigenvalue weighted by Gasteiger charge is -2.11. The van der Waals surface area contributed by atoms with Gasteiger partial charge in [-0.2, -0.15) is 4.89 Å². The number of hydrogen-bond acceptors (Lipinski definition) is 5. The van der Waals surface area contributed by atoms with Crippen molar-refractivity contribution in [1.82, 2.24) is 0 Å². The zero-order valence-corrected chi connectivity index (χ0v) is 13.8. The standard InChI is InChI=1S/C14H25O6P/c1-3-5-9-19-13(15)8-7-12(11-21(17)18)14(16)20-10-6-4-2/h12H,3-11H2,1-2H3/p+1. The molecule has 21 heavy (non-hydrogen) atoms. The molecule has 0 amide bonds. The van der Waals surface area contributed by atoms with Gasteiger partial charge in [0.05, 0.1) is 13.2 Å². The van der Waals surface area contributed by atoms with Crippen LogP contribution in [0.1, 0.15) is 52.4 Å². The zero-order valence-electron chi connectivity index (χ0n) is 12.9. The second-order valence-corrected chi connectivity index (χ2v) is 5.93. The van der Waals surface area contributed by atoms with Crippen LogP contribution in [0.2, 0.25) is 0 Å². The third-order valence-electron chi connectivity index (χ3n) is 2.91. The van der Waals surface area contributed by atoms with E-state index in [1.165, 1.54) is 0 Å². The number of ether oxygens (including phenoxy) is 2. The van der Waals surface area contributed by atoms with E-state index >= 15 is 0 Å². The largest absolute Gasteiger partial charge is 0.506 e. The van der Waals surface area contributed by atoms with Crippen LogP contribution in [0.4, 0.5) is 0 Å². The molecule has 1 N–H and O–H groups in total. The minimum absolute atomic E-state index is 0.0560. The highest BCUT2D eigenvalue weighted by molar-refractivity contribution is 7.38. The lowest BCUT2D eigenvalue weighted by molar-refractivity contribution is -0.149. The van der Waals surface area contributed by atoms with Gasteiger partial charge in [0, 0.05) is 6.42 Å². The lowest BCUT2D eigenvalue weighted by Crippen LogP contribution is -2.22. The maximum atomic E-state index is 11.8. The predicted molar refractivity (Wildman–Crippen MR) is 79.2 cm³/mol. The normalized spacial score (nSPS) is 12.6. The molecule has 6 nitrogen and oxygen atoms in total. The van der Waals surface area contributed by atoms with Gasteiger partial charge in [0.2, 0.25) is 0 Å². The number of carbonyl (C=O) groups excluding carboxylic acids is 2. The molecule has 0 aromatic heterocycles. The van der Waals surface area contributed by atoms with E-state index in [0.29, 0.717) is 13.2 Å². The van der Waals surface area contributed by atoms with Gasteiger partial charge in [-0.15, -0.1) is 0 Å².